The largest absolute Gasteiger partial charge is 0.489 e. The summed E-state index contributed by atoms with van der Waals surface area (Å²) in [6.07, 6.45) is 6.87. The second-order valence-electron chi connectivity index (χ2n) is 12.6. The molecule has 0 radical (unpaired) electrons. The number of aromatic nitrogens is 4. The van der Waals surface area contributed by atoms with Crippen LogP contribution in [0.25, 0.3) is 16.3 Å². The van der Waals surface area contributed by atoms with E-state index in [1.54, 1.807) is 15.9 Å². The molecule has 7 rings (SSSR count). The van der Waals surface area contributed by atoms with Crippen LogP contribution in [0.4, 0.5) is 5.82 Å². The number of anilines is 1. The average molecular weight is 618 g/mol. The third-order valence-corrected chi connectivity index (χ3v) is 9.04. The second-order valence-corrected chi connectivity index (χ2v) is 13.7. The summed E-state index contributed by atoms with van der Waals surface area (Å²) in [6, 6.07) is 9.98. The van der Waals surface area contributed by atoms with Crippen LogP contribution in [0.1, 0.15) is 68.3 Å². The first-order chi connectivity index (χ1) is 21.0. The Morgan fingerprint density at radius 1 is 1.16 bits per heavy atom. The van der Waals surface area contributed by atoms with Crippen LogP contribution in [0.5, 0.6) is 5.75 Å². The van der Waals surface area contributed by atoms with Gasteiger partial charge >= 0.3 is 5.97 Å². The number of ether oxygens (including phenoxy) is 3. The Bertz CT molecular complexity index is 1700. The van der Waals surface area contributed by atoms with Gasteiger partial charge in [-0.3, -0.25) is 0 Å². The maximum absolute atomic E-state index is 12.7. The first kappa shape index (κ1) is 30.2. The summed E-state index contributed by atoms with van der Waals surface area (Å²) in [5, 5.41) is 16.2. The molecule has 1 aromatic carbocycles. The molecule has 0 amide bonds. The number of hydrogen-bond acceptors (Lipinski definition) is 9. The van der Waals surface area contributed by atoms with E-state index in [2.05, 4.69) is 17.9 Å². The number of benzene rings is 1. The maximum atomic E-state index is 12.7. The quantitative estimate of drug-likeness (QED) is 0.276. The van der Waals surface area contributed by atoms with Gasteiger partial charge in [0.2, 0.25) is 0 Å². The molecule has 0 saturated carbocycles. The second kappa shape index (κ2) is 11.9. The highest BCUT2D eigenvalue weighted by molar-refractivity contribution is 7.15. The number of thiazole rings is 1. The van der Waals surface area contributed by atoms with Crippen LogP contribution in [-0.2, 0) is 20.7 Å². The Morgan fingerprint density at radius 3 is 2.66 bits per heavy atom. The number of carboxylic acid groups (broad SMARTS) is 1. The Kier molecular flexibility index (Phi) is 8.21. The van der Waals surface area contributed by atoms with E-state index in [9.17, 15) is 9.90 Å². The molecular formula is C33H39N5O5S. The van der Waals surface area contributed by atoms with Crippen molar-refractivity contribution in [3.63, 3.8) is 0 Å². The first-order valence-electron chi connectivity index (χ1n) is 15.0. The minimum absolute atomic E-state index is 0.322. The summed E-state index contributed by atoms with van der Waals surface area (Å²) >= 11 is 1.58. The monoisotopic (exact) mass is 617 g/mol. The lowest BCUT2D eigenvalue weighted by atomic mass is 9.92. The summed E-state index contributed by atoms with van der Waals surface area (Å²) in [7, 11) is 0. The van der Waals surface area contributed by atoms with Crippen molar-refractivity contribution in [1.29, 1.82) is 0 Å². The van der Waals surface area contributed by atoms with Crippen LogP contribution in [0, 0.1) is 6.92 Å². The molecule has 6 heterocycles. The summed E-state index contributed by atoms with van der Waals surface area (Å²) in [5.41, 5.74) is 2.49. The minimum Gasteiger partial charge on any atom is -0.489 e. The molecule has 11 heteroatoms. The number of nitrogens with zero attached hydrogens (tertiary/aromatic N) is 5. The zero-order valence-corrected chi connectivity index (χ0v) is 26.7. The predicted molar refractivity (Wildman–Crippen MR) is 170 cm³/mol. The number of hydrogen-bond donors (Lipinski definition) is 1. The van der Waals surface area contributed by atoms with Crippen molar-refractivity contribution in [3.8, 4) is 16.5 Å². The molecule has 1 atom stereocenters. The van der Waals surface area contributed by atoms with Crippen LogP contribution in [0.3, 0.4) is 0 Å². The fraction of sp³-hybridized carbons (Fsp3) is 0.455. The van der Waals surface area contributed by atoms with Gasteiger partial charge < -0.3 is 24.2 Å². The zero-order valence-electron chi connectivity index (χ0n) is 25.9. The van der Waals surface area contributed by atoms with Crippen LogP contribution in [0.15, 0.2) is 48.7 Å². The van der Waals surface area contributed by atoms with Gasteiger partial charge in [-0.2, -0.15) is 9.61 Å². The van der Waals surface area contributed by atoms with Crippen molar-refractivity contribution in [3.05, 3.63) is 70.4 Å². The van der Waals surface area contributed by atoms with Gasteiger partial charge in [-0.05, 0) is 65.2 Å². The molecule has 232 valence electrons. The third-order valence-electron chi connectivity index (χ3n) is 8.02. The molecule has 6 bridgehead atoms. The number of aryl methyl sites for hydroxylation is 1. The number of rotatable bonds is 3. The Morgan fingerprint density at radius 2 is 1.91 bits per heavy atom. The molecule has 4 aromatic rings. The average Bonchev–Trinajstić information content (AvgIpc) is 3.60. The molecule has 10 nitrogen and oxygen atoms in total. The van der Waals surface area contributed by atoms with E-state index in [1.165, 1.54) is 0 Å². The lowest BCUT2D eigenvalue weighted by Crippen LogP contribution is -2.45. The van der Waals surface area contributed by atoms with Gasteiger partial charge in [-0.25, -0.2) is 14.8 Å². The van der Waals surface area contributed by atoms with Gasteiger partial charge in [0, 0.05) is 42.3 Å². The number of fused-ring (bicyclic) bond motifs is 6. The first-order valence-corrected chi connectivity index (χ1v) is 15.8. The van der Waals surface area contributed by atoms with Gasteiger partial charge in [0.05, 0.1) is 23.4 Å². The molecule has 1 saturated heterocycles. The van der Waals surface area contributed by atoms with Crippen molar-refractivity contribution in [2.45, 2.75) is 71.2 Å². The molecule has 0 spiro atoms. The van der Waals surface area contributed by atoms with Crippen LogP contribution in [-0.4, -0.2) is 68.2 Å². The van der Waals surface area contributed by atoms with E-state index in [-0.39, 0.29) is 5.60 Å². The lowest BCUT2D eigenvalue weighted by Gasteiger charge is -2.41. The zero-order chi connectivity index (χ0) is 31.1. The molecule has 3 aliphatic heterocycles. The van der Waals surface area contributed by atoms with Crippen molar-refractivity contribution in [2.75, 3.05) is 31.2 Å². The van der Waals surface area contributed by atoms with Gasteiger partial charge in [-0.1, -0.05) is 24.3 Å². The summed E-state index contributed by atoms with van der Waals surface area (Å²) in [6.45, 7) is 11.8. The predicted octanol–water partition coefficient (Wildman–Crippen LogP) is 6.02. The SMILES string of the molecule is Cc1nc2cc3nn2c(c1[C@H](OC(C)(C)C)C(=O)O)N1CCC(C)(CC1)OC/C=C\COc1ccccc1Cc1cnc-3s1. The number of carbonyl (C=O) groups is 1. The van der Waals surface area contributed by atoms with Crippen molar-refractivity contribution >= 4 is 28.8 Å². The van der Waals surface area contributed by atoms with E-state index >= 15 is 0 Å². The highest BCUT2D eigenvalue weighted by Crippen LogP contribution is 2.39. The number of carboxylic acids is 1. The number of piperidine rings is 1. The molecule has 1 N–H and O–H groups in total. The Balaban J connectivity index is 1.49. The lowest BCUT2D eigenvalue weighted by molar-refractivity contribution is -0.160. The Hall–Kier alpha value is -3.80. The number of para-hydroxylation sites is 1. The smallest absolute Gasteiger partial charge is 0.337 e. The van der Waals surface area contributed by atoms with Gasteiger partial charge in [0.15, 0.2) is 11.8 Å². The van der Waals surface area contributed by atoms with Gasteiger partial charge in [0.25, 0.3) is 0 Å². The van der Waals surface area contributed by atoms with Crippen LogP contribution >= 0.6 is 11.3 Å². The molecule has 1 fully saturated rings. The summed E-state index contributed by atoms with van der Waals surface area (Å²) in [4.78, 5) is 25.6. The van der Waals surface area contributed by atoms with Crippen molar-refractivity contribution in [2.24, 2.45) is 0 Å². The van der Waals surface area contributed by atoms with E-state index in [1.807, 2.05) is 70.3 Å². The minimum atomic E-state index is -1.22. The van der Waals surface area contributed by atoms with Gasteiger partial charge in [0.1, 0.15) is 28.9 Å². The fourth-order valence-corrected chi connectivity index (χ4v) is 6.65. The fourth-order valence-electron chi connectivity index (χ4n) is 5.76. The van der Waals surface area contributed by atoms with E-state index in [4.69, 9.17) is 29.3 Å². The highest BCUT2D eigenvalue weighted by atomic mass is 32.1. The van der Waals surface area contributed by atoms with E-state index in [0.717, 1.165) is 34.0 Å². The highest BCUT2D eigenvalue weighted by Gasteiger charge is 2.37. The molecule has 44 heavy (non-hydrogen) atoms. The topological polar surface area (TPSA) is 111 Å². The van der Waals surface area contributed by atoms with Crippen LogP contribution < -0.4 is 9.64 Å². The Labute approximate surface area is 261 Å². The standard InChI is InChI=1S/C33H39N5O5S/c1-21-27(28(31(39)40)43-32(2,3)4)30-37-14-12-33(5,13-15-37)42-17-9-8-16-41-25-11-7-6-10-22(25)18-23-20-34-29(44-23)24-19-26(35-21)38(30)36-24/h6-11,19-20,28H,12-18H2,1-5H3,(H,39,40)/b9-8-/t28-/m0/s1. The molecule has 0 unspecified atom stereocenters. The molecular weight excluding hydrogens is 578 g/mol. The maximum Gasteiger partial charge on any atom is 0.337 e. The molecule has 3 aromatic heterocycles. The van der Waals surface area contributed by atoms with Crippen molar-refractivity contribution < 1.29 is 24.1 Å². The third kappa shape index (κ3) is 6.36. The van der Waals surface area contributed by atoms with Gasteiger partial charge in [-0.15, -0.1) is 11.3 Å². The molecule has 0 aliphatic carbocycles. The number of aliphatic carboxylic acids is 1. The normalized spacial score (nSPS) is 18.5. The van der Waals surface area contributed by atoms with Crippen molar-refractivity contribution in [1.82, 2.24) is 19.6 Å². The summed E-state index contributed by atoms with van der Waals surface area (Å²) < 4.78 is 20.4. The van der Waals surface area contributed by atoms with E-state index < -0.39 is 17.7 Å². The summed E-state index contributed by atoms with van der Waals surface area (Å²) in [5.74, 6) is 0.469. The molecule has 3 aliphatic rings. The van der Waals surface area contributed by atoms with E-state index in [0.29, 0.717) is 61.1 Å². The van der Waals surface area contributed by atoms with Crippen LogP contribution in [0.2, 0.25) is 0 Å².